The number of nitrogens with one attached hydrogen (secondary N) is 1. The van der Waals surface area contributed by atoms with Crippen molar-refractivity contribution in [3.8, 4) is 6.07 Å². The second kappa shape index (κ2) is 6.15. The number of thioether (sulfide) groups is 1. The molecule has 0 aliphatic carbocycles. The Morgan fingerprint density at radius 3 is 2.67 bits per heavy atom. The first-order valence-corrected chi connectivity index (χ1v) is 7.49. The number of aryl methyl sites for hydroxylation is 2. The largest absolute Gasteiger partial charge is 0.318 e. The van der Waals surface area contributed by atoms with Crippen LogP contribution < -0.4 is 5.32 Å². The molecule has 1 saturated heterocycles. The first-order valence-electron chi connectivity index (χ1n) is 6.61. The highest BCUT2D eigenvalue weighted by atomic mass is 32.2. The van der Waals surface area contributed by atoms with Crippen LogP contribution in [0.3, 0.4) is 0 Å². The van der Waals surface area contributed by atoms with Crippen LogP contribution in [0.2, 0.25) is 0 Å². The molecule has 1 aromatic carbocycles. The minimum absolute atomic E-state index is 0.0240. The Balaban J connectivity index is 2.20. The van der Waals surface area contributed by atoms with Crippen LogP contribution in [0.15, 0.2) is 28.8 Å². The Labute approximate surface area is 128 Å². The number of hydrogen-bond donors (Lipinski definition) is 1. The molecule has 5 heteroatoms. The van der Waals surface area contributed by atoms with Crippen LogP contribution in [-0.4, -0.2) is 16.9 Å². The summed E-state index contributed by atoms with van der Waals surface area (Å²) in [4.78, 5) is 23.4. The first-order chi connectivity index (χ1) is 9.92. The van der Waals surface area contributed by atoms with Crippen molar-refractivity contribution in [2.24, 2.45) is 0 Å². The van der Waals surface area contributed by atoms with Gasteiger partial charge in [0, 0.05) is 0 Å². The lowest BCUT2D eigenvalue weighted by molar-refractivity contribution is -0.119. The van der Waals surface area contributed by atoms with Crippen molar-refractivity contribution in [1.82, 2.24) is 5.32 Å². The van der Waals surface area contributed by atoms with E-state index >= 15 is 0 Å². The fourth-order valence-electron chi connectivity index (χ4n) is 2.11. The molecule has 1 aliphatic heterocycles. The van der Waals surface area contributed by atoms with Crippen molar-refractivity contribution in [2.75, 3.05) is 0 Å². The molecule has 0 spiro atoms. The molecule has 1 aromatic rings. The molecule has 1 unspecified atom stereocenters. The van der Waals surface area contributed by atoms with E-state index in [9.17, 15) is 9.59 Å². The number of ketones is 1. The van der Waals surface area contributed by atoms with Gasteiger partial charge in [-0.2, -0.15) is 5.26 Å². The summed E-state index contributed by atoms with van der Waals surface area (Å²) in [7, 11) is 0. The van der Waals surface area contributed by atoms with Crippen LogP contribution in [0.4, 0.5) is 0 Å². The highest BCUT2D eigenvalue weighted by Gasteiger charge is 2.32. The number of carbonyl (C=O) groups is 2. The third-order valence-electron chi connectivity index (χ3n) is 3.47. The molecule has 4 nitrogen and oxygen atoms in total. The maximum atomic E-state index is 12.0. The van der Waals surface area contributed by atoms with Crippen molar-refractivity contribution in [1.29, 1.82) is 5.26 Å². The van der Waals surface area contributed by atoms with Crippen LogP contribution in [0.5, 0.6) is 0 Å². The fourth-order valence-corrected chi connectivity index (χ4v) is 3.30. The van der Waals surface area contributed by atoms with E-state index in [0.29, 0.717) is 11.4 Å². The van der Waals surface area contributed by atoms with E-state index in [1.807, 2.05) is 32.0 Å². The zero-order valence-electron chi connectivity index (χ0n) is 12.2. The van der Waals surface area contributed by atoms with Gasteiger partial charge in [0.1, 0.15) is 11.6 Å². The fraction of sp³-hybridized carbons (Fsp3) is 0.312. The number of rotatable bonds is 3. The van der Waals surface area contributed by atoms with Crippen LogP contribution >= 0.6 is 11.8 Å². The summed E-state index contributed by atoms with van der Waals surface area (Å²) >= 11 is 1.26. The highest BCUT2D eigenvalue weighted by Crippen LogP contribution is 2.32. The lowest BCUT2D eigenvalue weighted by Gasteiger charge is -2.08. The maximum Gasteiger partial charge on any atom is 0.238 e. The van der Waals surface area contributed by atoms with Gasteiger partial charge in [0.15, 0.2) is 5.78 Å². The number of amides is 1. The summed E-state index contributed by atoms with van der Waals surface area (Å²) < 4.78 is 0. The van der Waals surface area contributed by atoms with E-state index < -0.39 is 0 Å². The number of allylic oxidation sites excluding steroid dienone is 1. The molecule has 0 aromatic heterocycles. The second-order valence-corrected chi connectivity index (χ2v) is 6.30. The van der Waals surface area contributed by atoms with E-state index in [1.54, 1.807) is 0 Å². The topological polar surface area (TPSA) is 70.0 Å². The second-order valence-electron chi connectivity index (χ2n) is 5.09. The third kappa shape index (κ3) is 3.34. The molecule has 108 valence electrons. The molecule has 2 rings (SSSR count). The summed E-state index contributed by atoms with van der Waals surface area (Å²) in [5.74, 6) is -0.477. The smallest absolute Gasteiger partial charge is 0.238 e. The SMILES string of the molecule is CC(=O)/C(C#N)=C1/NC(=O)C(Cc2ccc(C)c(C)c2)S1. The highest BCUT2D eigenvalue weighted by molar-refractivity contribution is 8.04. The summed E-state index contributed by atoms with van der Waals surface area (Å²) in [5, 5.41) is 11.7. The van der Waals surface area contributed by atoms with Gasteiger partial charge in [0.2, 0.25) is 5.91 Å². The van der Waals surface area contributed by atoms with Gasteiger partial charge in [-0.25, -0.2) is 0 Å². The zero-order chi connectivity index (χ0) is 15.6. The summed E-state index contributed by atoms with van der Waals surface area (Å²) in [6.07, 6.45) is 0.581. The van der Waals surface area contributed by atoms with Crippen molar-refractivity contribution >= 4 is 23.5 Å². The average Bonchev–Trinajstić information content (AvgIpc) is 2.75. The number of benzene rings is 1. The van der Waals surface area contributed by atoms with Gasteiger partial charge in [-0.1, -0.05) is 30.0 Å². The third-order valence-corrected chi connectivity index (χ3v) is 4.68. The number of carbonyl (C=O) groups excluding carboxylic acids is 2. The minimum atomic E-state index is -0.327. The Hall–Kier alpha value is -2.06. The maximum absolute atomic E-state index is 12.0. The van der Waals surface area contributed by atoms with E-state index in [4.69, 9.17) is 5.26 Å². The van der Waals surface area contributed by atoms with E-state index in [1.165, 1.54) is 29.8 Å². The molecule has 1 atom stereocenters. The van der Waals surface area contributed by atoms with Crippen LogP contribution in [0.25, 0.3) is 0 Å². The standard InChI is InChI=1S/C16H16N2O2S/c1-9-4-5-12(6-10(9)2)7-14-15(20)18-16(21-14)13(8-17)11(3)19/h4-6,14H,7H2,1-3H3,(H,18,20)/b16-13-. The molecule has 1 aliphatic rings. The van der Waals surface area contributed by atoms with Gasteiger partial charge in [0.25, 0.3) is 0 Å². The summed E-state index contributed by atoms with van der Waals surface area (Å²) in [6, 6.07) is 7.97. The zero-order valence-corrected chi connectivity index (χ0v) is 13.0. The Bertz CT molecular complexity index is 686. The monoisotopic (exact) mass is 300 g/mol. The number of nitrogens with zero attached hydrogens (tertiary/aromatic N) is 1. The molecular weight excluding hydrogens is 284 g/mol. The molecular formula is C16H16N2O2S. The summed E-state index contributed by atoms with van der Waals surface area (Å²) in [6.45, 7) is 5.41. The molecule has 1 N–H and O–H groups in total. The Morgan fingerprint density at radius 1 is 1.38 bits per heavy atom. The van der Waals surface area contributed by atoms with Crippen LogP contribution in [0.1, 0.15) is 23.6 Å². The normalized spacial score (nSPS) is 19.9. The Morgan fingerprint density at radius 2 is 2.10 bits per heavy atom. The molecule has 1 heterocycles. The van der Waals surface area contributed by atoms with Gasteiger partial charge in [-0.15, -0.1) is 0 Å². The minimum Gasteiger partial charge on any atom is -0.318 e. The quantitative estimate of drug-likeness (QED) is 0.687. The van der Waals surface area contributed by atoms with E-state index in [0.717, 1.165) is 5.56 Å². The van der Waals surface area contributed by atoms with E-state index in [2.05, 4.69) is 11.4 Å². The van der Waals surface area contributed by atoms with Crippen LogP contribution in [-0.2, 0) is 16.0 Å². The molecule has 0 bridgehead atoms. The van der Waals surface area contributed by atoms with E-state index in [-0.39, 0.29) is 22.5 Å². The van der Waals surface area contributed by atoms with Crippen molar-refractivity contribution in [3.05, 3.63) is 45.5 Å². The van der Waals surface area contributed by atoms with Gasteiger partial charge in [0.05, 0.1) is 10.3 Å². The van der Waals surface area contributed by atoms with Crippen LogP contribution in [0, 0.1) is 25.2 Å². The Kier molecular flexibility index (Phi) is 4.49. The molecule has 0 radical (unpaired) electrons. The predicted molar refractivity (Wildman–Crippen MR) is 82.5 cm³/mol. The lowest BCUT2D eigenvalue weighted by atomic mass is 10.0. The van der Waals surface area contributed by atoms with Crippen molar-refractivity contribution in [2.45, 2.75) is 32.4 Å². The molecule has 21 heavy (non-hydrogen) atoms. The predicted octanol–water partition coefficient (Wildman–Crippen LogP) is 2.40. The average molecular weight is 300 g/mol. The molecule has 0 saturated carbocycles. The van der Waals surface area contributed by atoms with Crippen molar-refractivity contribution in [3.63, 3.8) is 0 Å². The van der Waals surface area contributed by atoms with Gasteiger partial charge >= 0.3 is 0 Å². The number of hydrogen-bond acceptors (Lipinski definition) is 4. The van der Waals surface area contributed by atoms with Gasteiger partial charge in [-0.05, 0) is 43.9 Å². The summed E-state index contributed by atoms with van der Waals surface area (Å²) in [5.41, 5.74) is 3.50. The molecule has 1 fully saturated rings. The molecule has 1 amide bonds. The number of nitriles is 1. The first kappa shape index (κ1) is 15.3. The number of Topliss-reactive ketones (excluding diaryl/α,β-unsaturated/α-hetero) is 1. The van der Waals surface area contributed by atoms with Gasteiger partial charge < -0.3 is 5.32 Å². The van der Waals surface area contributed by atoms with Gasteiger partial charge in [-0.3, -0.25) is 9.59 Å². The lowest BCUT2D eigenvalue weighted by Crippen LogP contribution is -2.24. The van der Waals surface area contributed by atoms with Crippen molar-refractivity contribution < 1.29 is 9.59 Å².